The molecular formula is C10H16N2OS. The number of rotatable bonds is 2. The number of carbonyl (C=O) groups is 1. The topological polar surface area (TPSA) is 32.3 Å². The molecule has 0 bridgehead atoms. The molecule has 0 saturated carbocycles. The van der Waals surface area contributed by atoms with Crippen molar-refractivity contribution in [3.05, 3.63) is 11.5 Å². The van der Waals surface area contributed by atoms with E-state index in [1.54, 1.807) is 17.8 Å². The van der Waals surface area contributed by atoms with Crippen molar-refractivity contribution in [2.75, 3.05) is 25.9 Å². The fraction of sp³-hybridized carbons (Fsp3) is 0.700. The van der Waals surface area contributed by atoms with Crippen LogP contribution < -0.4 is 5.32 Å². The number of carbonyl (C=O) groups excluding carboxylic acids is 1. The van der Waals surface area contributed by atoms with E-state index in [0.29, 0.717) is 12.0 Å². The van der Waals surface area contributed by atoms with E-state index in [1.165, 1.54) is 0 Å². The van der Waals surface area contributed by atoms with Gasteiger partial charge in [-0.1, -0.05) is 0 Å². The summed E-state index contributed by atoms with van der Waals surface area (Å²) in [5, 5.41) is 5.20. The van der Waals surface area contributed by atoms with Crippen molar-refractivity contribution in [1.29, 1.82) is 0 Å². The molecule has 0 aromatic heterocycles. The van der Waals surface area contributed by atoms with E-state index in [-0.39, 0.29) is 5.91 Å². The Balaban J connectivity index is 1.98. The molecule has 2 fully saturated rings. The fourth-order valence-electron chi connectivity index (χ4n) is 2.34. The third-order valence-corrected chi connectivity index (χ3v) is 3.48. The largest absolute Gasteiger partial charge is 0.335 e. The van der Waals surface area contributed by atoms with Crippen molar-refractivity contribution >= 4 is 17.7 Å². The van der Waals surface area contributed by atoms with Gasteiger partial charge in [0.25, 0.3) is 0 Å². The van der Waals surface area contributed by atoms with Crippen LogP contribution in [0.15, 0.2) is 11.5 Å². The van der Waals surface area contributed by atoms with E-state index < -0.39 is 0 Å². The van der Waals surface area contributed by atoms with Crippen molar-refractivity contribution in [3.63, 3.8) is 0 Å². The molecule has 4 heteroatoms. The fourth-order valence-corrected chi connectivity index (χ4v) is 2.60. The van der Waals surface area contributed by atoms with Crippen LogP contribution in [-0.2, 0) is 4.79 Å². The molecule has 2 atom stereocenters. The summed E-state index contributed by atoms with van der Waals surface area (Å²) in [5.41, 5.74) is 0. The molecule has 78 valence electrons. The number of likely N-dealkylation sites (tertiary alicyclic amines) is 1. The van der Waals surface area contributed by atoms with Gasteiger partial charge in [0.15, 0.2) is 0 Å². The van der Waals surface area contributed by atoms with Crippen LogP contribution in [0.1, 0.15) is 6.42 Å². The number of hydrogen-bond donors (Lipinski definition) is 1. The van der Waals surface area contributed by atoms with Crippen LogP contribution in [0, 0.1) is 5.92 Å². The zero-order chi connectivity index (χ0) is 9.97. The Bertz CT molecular complexity index is 255. The number of thioether (sulfide) groups is 1. The van der Waals surface area contributed by atoms with Gasteiger partial charge in [0.2, 0.25) is 5.91 Å². The predicted molar refractivity (Wildman–Crippen MR) is 59.1 cm³/mol. The maximum Gasteiger partial charge on any atom is 0.247 e. The number of nitrogens with zero attached hydrogens (tertiary/aromatic N) is 1. The Hall–Kier alpha value is -0.480. The molecule has 2 aliphatic heterocycles. The molecule has 0 aromatic rings. The Morgan fingerprint density at radius 3 is 3.21 bits per heavy atom. The molecule has 2 aliphatic rings. The van der Waals surface area contributed by atoms with Gasteiger partial charge in [-0.25, -0.2) is 0 Å². The molecule has 0 spiro atoms. The first-order chi connectivity index (χ1) is 6.83. The zero-order valence-corrected chi connectivity index (χ0v) is 9.22. The van der Waals surface area contributed by atoms with Crippen LogP contribution in [0.4, 0.5) is 0 Å². The minimum absolute atomic E-state index is 0.176. The summed E-state index contributed by atoms with van der Waals surface area (Å²) < 4.78 is 0. The summed E-state index contributed by atoms with van der Waals surface area (Å²) in [6, 6.07) is 0.453. The molecule has 1 amide bonds. The highest BCUT2D eigenvalue weighted by Gasteiger charge is 2.38. The van der Waals surface area contributed by atoms with Crippen LogP contribution in [0.5, 0.6) is 0 Å². The summed E-state index contributed by atoms with van der Waals surface area (Å²) in [6.45, 7) is 3.00. The van der Waals surface area contributed by atoms with E-state index in [0.717, 1.165) is 26.1 Å². The van der Waals surface area contributed by atoms with Gasteiger partial charge in [-0.3, -0.25) is 4.79 Å². The van der Waals surface area contributed by atoms with Crippen molar-refractivity contribution in [1.82, 2.24) is 10.2 Å². The average molecular weight is 212 g/mol. The minimum Gasteiger partial charge on any atom is -0.335 e. The highest BCUT2D eigenvalue weighted by atomic mass is 32.2. The summed E-state index contributed by atoms with van der Waals surface area (Å²) >= 11 is 1.57. The van der Waals surface area contributed by atoms with E-state index in [4.69, 9.17) is 0 Å². The molecular weight excluding hydrogens is 196 g/mol. The second-order valence-corrected chi connectivity index (χ2v) is 4.59. The first-order valence-electron chi connectivity index (χ1n) is 5.03. The molecule has 0 aromatic carbocycles. The van der Waals surface area contributed by atoms with Crippen LogP contribution in [0.3, 0.4) is 0 Å². The predicted octanol–water partition coefficient (Wildman–Crippen LogP) is 0.683. The molecule has 2 saturated heterocycles. The van der Waals surface area contributed by atoms with Gasteiger partial charge in [-0.15, -0.1) is 11.8 Å². The lowest BCUT2D eigenvalue weighted by Crippen LogP contribution is -2.38. The Labute approximate surface area is 88.9 Å². The second-order valence-electron chi connectivity index (χ2n) is 3.84. The van der Waals surface area contributed by atoms with Crippen LogP contribution in [-0.4, -0.2) is 42.7 Å². The molecule has 14 heavy (non-hydrogen) atoms. The molecule has 2 rings (SSSR count). The van der Waals surface area contributed by atoms with Gasteiger partial charge < -0.3 is 10.2 Å². The van der Waals surface area contributed by atoms with Gasteiger partial charge in [-0.05, 0) is 24.0 Å². The Kier molecular flexibility index (Phi) is 3.13. The van der Waals surface area contributed by atoms with Crippen molar-refractivity contribution < 1.29 is 4.79 Å². The SMILES string of the molecule is CS/C=C/C(=O)N1CC[C@H]2CNC[C@H]21. The standard InChI is InChI=1S/C10H16N2OS/c1-14-5-3-10(13)12-4-2-8-6-11-7-9(8)12/h3,5,8-9,11H,2,4,6-7H2,1H3/b5-3+/t8-,9+/m0/s1. The van der Waals surface area contributed by atoms with E-state index in [2.05, 4.69) is 5.32 Å². The summed E-state index contributed by atoms with van der Waals surface area (Å²) in [6.07, 6.45) is 4.82. The minimum atomic E-state index is 0.176. The third-order valence-electron chi connectivity index (χ3n) is 3.08. The van der Waals surface area contributed by atoms with E-state index in [9.17, 15) is 4.79 Å². The average Bonchev–Trinajstić information content (AvgIpc) is 2.74. The quantitative estimate of drug-likeness (QED) is 0.683. The maximum absolute atomic E-state index is 11.7. The molecule has 0 radical (unpaired) electrons. The maximum atomic E-state index is 11.7. The van der Waals surface area contributed by atoms with Gasteiger partial charge in [0.1, 0.15) is 0 Å². The number of fused-ring (bicyclic) bond motifs is 1. The van der Waals surface area contributed by atoms with E-state index >= 15 is 0 Å². The van der Waals surface area contributed by atoms with Crippen LogP contribution in [0.25, 0.3) is 0 Å². The van der Waals surface area contributed by atoms with Gasteiger partial charge in [-0.2, -0.15) is 0 Å². The molecule has 3 nitrogen and oxygen atoms in total. The monoisotopic (exact) mass is 212 g/mol. The summed E-state index contributed by atoms with van der Waals surface area (Å²) in [5.74, 6) is 0.872. The molecule has 1 N–H and O–H groups in total. The summed E-state index contributed by atoms with van der Waals surface area (Å²) in [7, 11) is 0. The van der Waals surface area contributed by atoms with Crippen LogP contribution >= 0.6 is 11.8 Å². The molecule has 0 aliphatic carbocycles. The van der Waals surface area contributed by atoms with E-state index in [1.807, 2.05) is 16.6 Å². The summed E-state index contributed by atoms with van der Waals surface area (Å²) in [4.78, 5) is 13.8. The zero-order valence-electron chi connectivity index (χ0n) is 8.40. The number of hydrogen-bond acceptors (Lipinski definition) is 3. The lowest BCUT2D eigenvalue weighted by Gasteiger charge is -2.21. The molecule has 2 heterocycles. The van der Waals surface area contributed by atoms with Gasteiger partial charge in [0.05, 0.1) is 0 Å². The smallest absolute Gasteiger partial charge is 0.247 e. The van der Waals surface area contributed by atoms with Gasteiger partial charge >= 0.3 is 0 Å². The highest BCUT2D eigenvalue weighted by Crippen LogP contribution is 2.27. The number of amides is 1. The Morgan fingerprint density at radius 1 is 1.57 bits per heavy atom. The second kappa shape index (κ2) is 4.36. The van der Waals surface area contributed by atoms with Crippen molar-refractivity contribution in [3.8, 4) is 0 Å². The normalized spacial score (nSPS) is 31.4. The lowest BCUT2D eigenvalue weighted by atomic mass is 10.1. The molecule has 0 unspecified atom stereocenters. The highest BCUT2D eigenvalue weighted by molar-refractivity contribution is 8.01. The Morgan fingerprint density at radius 2 is 2.43 bits per heavy atom. The first kappa shape index (κ1) is 10.1. The van der Waals surface area contributed by atoms with Crippen molar-refractivity contribution in [2.24, 2.45) is 5.92 Å². The van der Waals surface area contributed by atoms with Crippen molar-refractivity contribution in [2.45, 2.75) is 12.5 Å². The third kappa shape index (κ3) is 1.81. The lowest BCUT2D eigenvalue weighted by molar-refractivity contribution is -0.126. The number of nitrogens with one attached hydrogen (secondary N) is 1. The first-order valence-corrected chi connectivity index (χ1v) is 6.32. The van der Waals surface area contributed by atoms with Crippen LogP contribution in [0.2, 0.25) is 0 Å². The van der Waals surface area contributed by atoms with Gasteiger partial charge in [0, 0.05) is 31.8 Å².